The van der Waals surface area contributed by atoms with Crippen LogP contribution in [0.5, 0.6) is 0 Å². The van der Waals surface area contributed by atoms with Gasteiger partial charge in [-0.15, -0.1) is 0 Å². The average molecular weight is 343 g/mol. The molecule has 0 atom stereocenters. The van der Waals surface area contributed by atoms with Crippen LogP contribution in [0, 0.1) is 6.92 Å². The molecule has 0 aliphatic heterocycles. The molecule has 23 heavy (non-hydrogen) atoms. The van der Waals surface area contributed by atoms with Crippen LogP contribution in [0.1, 0.15) is 5.56 Å². The Morgan fingerprint density at radius 3 is 2.65 bits per heavy atom. The van der Waals surface area contributed by atoms with Crippen LogP contribution in [0.2, 0.25) is 0 Å². The maximum Gasteiger partial charge on any atom is 0.266 e. The first-order chi connectivity index (χ1) is 11.2. The van der Waals surface area contributed by atoms with Gasteiger partial charge in [-0.05, 0) is 31.2 Å². The lowest BCUT2D eigenvalue weighted by Crippen LogP contribution is -2.21. The minimum Gasteiger partial charge on any atom is -0.268 e. The number of fused-ring (bicyclic) bond motifs is 1. The van der Waals surface area contributed by atoms with E-state index in [1.165, 1.54) is 17.3 Å². The molecule has 0 aliphatic carbocycles. The van der Waals surface area contributed by atoms with Crippen molar-refractivity contribution in [1.82, 2.24) is 9.55 Å². The molecule has 5 heteroatoms. The van der Waals surface area contributed by atoms with Gasteiger partial charge in [0.1, 0.15) is 0 Å². The predicted molar refractivity (Wildman–Crippen MR) is 97.8 cm³/mol. The monoisotopic (exact) mass is 342 g/mol. The molecule has 0 unspecified atom stereocenters. The highest BCUT2D eigenvalue weighted by molar-refractivity contribution is 7.99. The molecule has 3 rings (SSSR count). The number of hydrogen-bond donors (Lipinski definition) is 0. The Kier molecular flexibility index (Phi) is 4.84. The summed E-state index contributed by atoms with van der Waals surface area (Å²) in [6.45, 7) is 2.02. The van der Waals surface area contributed by atoms with Crippen LogP contribution < -0.4 is 5.56 Å². The molecule has 0 fully saturated rings. The average Bonchev–Trinajstić information content (AvgIpc) is 2.57. The Labute approximate surface area is 143 Å². The minimum atomic E-state index is -0.0585. The van der Waals surface area contributed by atoms with Gasteiger partial charge in [0.15, 0.2) is 5.16 Å². The van der Waals surface area contributed by atoms with E-state index < -0.39 is 0 Å². The summed E-state index contributed by atoms with van der Waals surface area (Å²) in [6.07, 6.45) is 1.83. The van der Waals surface area contributed by atoms with E-state index in [2.05, 4.69) is 4.98 Å². The molecule has 0 amide bonds. The summed E-state index contributed by atoms with van der Waals surface area (Å²) in [5, 5.41) is 1.28. The number of thioether (sulfide) groups is 1. The van der Waals surface area contributed by atoms with Gasteiger partial charge in [-0.3, -0.25) is 9.36 Å². The summed E-state index contributed by atoms with van der Waals surface area (Å²) in [7, 11) is 0. The molecule has 2 aromatic carbocycles. The molecule has 3 nitrogen and oxygen atoms in total. The predicted octanol–water partition coefficient (Wildman–Crippen LogP) is 4.54. The van der Waals surface area contributed by atoms with E-state index in [0.717, 1.165) is 11.3 Å². The van der Waals surface area contributed by atoms with Crippen molar-refractivity contribution in [1.29, 1.82) is 0 Å². The molecule has 1 heterocycles. The van der Waals surface area contributed by atoms with Gasteiger partial charge in [0, 0.05) is 11.3 Å². The molecular formula is C18H15ClN2OS. The Balaban J connectivity index is 2.23. The highest BCUT2D eigenvalue weighted by Gasteiger charge is 2.12. The van der Waals surface area contributed by atoms with E-state index in [4.69, 9.17) is 11.6 Å². The van der Waals surface area contributed by atoms with Crippen molar-refractivity contribution in [2.75, 3.05) is 5.75 Å². The highest BCUT2D eigenvalue weighted by atomic mass is 35.5. The minimum absolute atomic E-state index is 0.0585. The van der Waals surface area contributed by atoms with E-state index in [9.17, 15) is 4.79 Å². The smallest absolute Gasteiger partial charge is 0.266 e. The van der Waals surface area contributed by atoms with Crippen molar-refractivity contribution in [3.8, 4) is 5.69 Å². The number of rotatable bonds is 4. The number of benzene rings is 2. The maximum absolute atomic E-state index is 12.9. The van der Waals surface area contributed by atoms with Gasteiger partial charge in [0.25, 0.3) is 5.56 Å². The Morgan fingerprint density at radius 1 is 1.17 bits per heavy atom. The Morgan fingerprint density at radius 2 is 1.91 bits per heavy atom. The first-order valence-electron chi connectivity index (χ1n) is 7.17. The van der Waals surface area contributed by atoms with Crippen LogP contribution in [0.4, 0.5) is 0 Å². The molecule has 0 spiro atoms. The van der Waals surface area contributed by atoms with Gasteiger partial charge in [0.05, 0.1) is 16.6 Å². The van der Waals surface area contributed by atoms with Crippen LogP contribution in [-0.4, -0.2) is 15.3 Å². The van der Waals surface area contributed by atoms with Crippen molar-refractivity contribution >= 4 is 34.3 Å². The highest BCUT2D eigenvalue weighted by Crippen LogP contribution is 2.21. The van der Waals surface area contributed by atoms with Gasteiger partial charge >= 0.3 is 0 Å². The summed E-state index contributed by atoms with van der Waals surface area (Å²) in [6, 6.07) is 15.3. The normalized spacial score (nSPS) is 11.4. The SMILES string of the molecule is Cc1ccc(-n2c(SCC=CCl)nc3ccccc3c2=O)cc1. The number of nitrogens with zero attached hydrogens (tertiary/aromatic N) is 2. The molecule has 3 aromatic rings. The summed E-state index contributed by atoms with van der Waals surface area (Å²) in [5.41, 5.74) is 4.09. The quantitative estimate of drug-likeness (QED) is 0.515. The number of hydrogen-bond acceptors (Lipinski definition) is 3. The van der Waals surface area contributed by atoms with E-state index >= 15 is 0 Å². The zero-order chi connectivity index (χ0) is 16.2. The molecule has 0 saturated carbocycles. The topological polar surface area (TPSA) is 34.9 Å². The standard InChI is InChI=1S/C18H15ClN2OS/c1-13-7-9-14(10-8-13)21-17(22)15-5-2-3-6-16(15)20-18(21)23-12-4-11-19/h2-11H,12H2,1H3. The molecule has 116 valence electrons. The number of para-hydroxylation sites is 1. The fourth-order valence-electron chi connectivity index (χ4n) is 2.29. The zero-order valence-electron chi connectivity index (χ0n) is 12.6. The molecule has 0 aliphatic rings. The van der Waals surface area contributed by atoms with Gasteiger partial charge in [0.2, 0.25) is 0 Å². The third kappa shape index (κ3) is 3.33. The lowest BCUT2D eigenvalue weighted by molar-refractivity contribution is 0.820. The van der Waals surface area contributed by atoms with Crippen molar-refractivity contribution < 1.29 is 0 Å². The van der Waals surface area contributed by atoms with E-state index in [-0.39, 0.29) is 5.56 Å². The van der Waals surface area contributed by atoms with Gasteiger partial charge < -0.3 is 0 Å². The first kappa shape index (κ1) is 15.8. The third-order valence-corrected chi connectivity index (χ3v) is 4.50. The van der Waals surface area contributed by atoms with Crippen molar-refractivity contribution in [2.24, 2.45) is 0 Å². The number of aromatic nitrogens is 2. The summed E-state index contributed by atoms with van der Waals surface area (Å²) in [4.78, 5) is 17.6. The second-order valence-corrected chi connectivity index (χ2v) is 6.30. The van der Waals surface area contributed by atoms with Crippen LogP contribution >= 0.6 is 23.4 Å². The molecular weight excluding hydrogens is 328 g/mol. The van der Waals surface area contributed by atoms with Gasteiger partial charge in [-0.2, -0.15) is 0 Å². The van der Waals surface area contributed by atoms with Crippen LogP contribution in [0.3, 0.4) is 0 Å². The third-order valence-electron chi connectivity index (χ3n) is 3.43. The fraction of sp³-hybridized carbons (Fsp3) is 0.111. The van der Waals surface area contributed by atoms with Crippen molar-refractivity contribution in [3.05, 3.63) is 76.1 Å². The second kappa shape index (κ2) is 7.02. The summed E-state index contributed by atoms with van der Waals surface area (Å²) < 4.78 is 1.66. The first-order valence-corrected chi connectivity index (χ1v) is 8.60. The Hall–Kier alpha value is -2.04. The zero-order valence-corrected chi connectivity index (χ0v) is 14.1. The van der Waals surface area contributed by atoms with Gasteiger partial charge in [-0.1, -0.05) is 59.3 Å². The maximum atomic E-state index is 12.9. The lowest BCUT2D eigenvalue weighted by Gasteiger charge is -2.12. The fourth-order valence-corrected chi connectivity index (χ4v) is 3.31. The van der Waals surface area contributed by atoms with E-state index in [1.54, 1.807) is 4.57 Å². The molecule has 0 saturated heterocycles. The van der Waals surface area contributed by atoms with E-state index in [1.807, 2.05) is 61.5 Å². The van der Waals surface area contributed by atoms with Crippen LogP contribution in [-0.2, 0) is 0 Å². The molecule has 0 N–H and O–H groups in total. The largest absolute Gasteiger partial charge is 0.268 e. The van der Waals surface area contributed by atoms with Crippen LogP contribution in [0.25, 0.3) is 16.6 Å². The number of halogens is 1. The molecule has 0 bridgehead atoms. The second-order valence-electron chi connectivity index (χ2n) is 5.06. The van der Waals surface area contributed by atoms with Crippen molar-refractivity contribution in [2.45, 2.75) is 12.1 Å². The van der Waals surface area contributed by atoms with E-state index in [0.29, 0.717) is 21.8 Å². The number of aryl methyl sites for hydroxylation is 1. The summed E-state index contributed by atoms with van der Waals surface area (Å²) in [5.74, 6) is 0.653. The molecule has 0 radical (unpaired) electrons. The summed E-state index contributed by atoms with van der Waals surface area (Å²) >= 11 is 7.07. The lowest BCUT2D eigenvalue weighted by atomic mass is 10.2. The Bertz CT molecular complexity index is 916. The van der Waals surface area contributed by atoms with Crippen molar-refractivity contribution in [3.63, 3.8) is 0 Å². The van der Waals surface area contributed by atoms with Crippen LogP contribution in [0.15, 0.2) is 70.1 Å². The van der Waals surface area contributed by atoms with Gasteiger partial charge in [-0.25, -0.2) is 4.98 Å². The molecule has 1 aromatic heterocycles.